The minimum absolute atomic E-state index is 0.375. The van der Waals surface area contributed by atoms with Gasteiger partial charge in [-0.3, -0.25) is 4.90 Å². The van der Waals surface area contributed by atoms with Gasteiger partial charge < -0.3 is 0 Å². The highest BCUT2D eigenvalue weighted by atomic mass is 33.1. The Kier molecular flexibility index (Phi) is 6.56. The molecule has 0 saturated carbocycles. The van der Waals surface area contributed by atoms with E-state index in [0.717, 1.165) is 26.1 Å². The molecule has 2 saturated heterocycles. The van der Waals surface area contributed by atoms with Crippen molar-refractivity contribution in [2.45, 2.75) is 38.3 Å². The summed E-state index contributed by atoms with van der Waals surface area (Å²) in [6.07, 6.45) is 2.99. The molecule has 112 valence electrons. The van der Waals surface area contributed by atoms with E-state index in [1.165, 1.54) is 17.4 Å². The Morgan fingerprint density at radius 2 is 2.20 bits per heavy atom. The molecule has 0 spiro atoms. The lowest BCUT2D eigenvalue weighted by Gasteiger charge is -2.43. The van der Waals surface area contributed by atoms with Gasteiger partial charge in [-0.15, -0.1) is 0 Å². The number of nitriles is 1. The van der Waals surface area contributed by atoms with Gasteiger partial charge in [-0.05, 0) is 42.6 Å². The molecule has 0 N–H and O–H groups in total. The van der Waals surface area contributed by atoms with Crippen LogP contribution in [0.4, 0.5) is 0 Å². The molecule has 2 aliphatic heterocycles. The Labute approximate surface area is 134 Å². The summed E-state index contributed by atoms with van der Waals surface area (Å²) in [7, 11) is 1.47. The maximum atomic E-state index is 10.8. The van der Waals surface area contributed by atoms with E-state index in [0.29, 0.717) is 47.8 Å². The van der Waals surface area contributed by atoms with Crippen LogP contribution < -0.4 is 0 Å². The fourth-order valence-corrected chi connectivity index (χ4v) is 5.08. The van der Waals surface area contributed by atoms with Crippen LogP contribution in [0.5, 0.6) is 0 Å². The number of rotatable bonds is 7. The summed E-state index contributed by atoms with van der Waals surface area (Å²) in [6, 6.07) is 3.22. The topological polar surface area (TPSA) is 47.3 Å². The summed E-state index contributed by atoms with van der Waals surface area (Å²) >= 11 is 4.98. The first kappa shape index (κ1) is 16.5. The normalized spacial score (nSPS) is 29.9. The van der Waals surface area contributed by atoms with Gasteiger partial charge in [-0.2, -0.15) is 5.26 Å². The highest BCUT2D eigenvalue weighted by molar-refractivity contribution is 8.67. The number of likely N-dealkylation sites (tertiary alicyclic amines) is 1. The van der Waals surface area contributed by atoms with Crippen molar-refractivity contribution in [2.24, 2.45) is 11.8 Å². The van der Waals surface area contributed by atoms with Gasteiger partial charge in [0.15, 0.2) is 0 Å². The van der Waals surface area contributed by atoms with E-state index in [4.69, 9.17) is 5.26 Å². The predicted octanol–water partition coefficient (Wildman–Crippen LogP) is 2.22. The molecule has 2 rings (SSSR count). The quantitative estimate of drug-likeness (QED) is 0.335. The third-order valence-electron chi connectivity index (χ3n) is 4.48. The van der Waals surface area contributed by atoms with Crippen molar-refractivity contribution >= 4 is 34.3 Å². The molecule has 4 nitrogen and oxygen atoms in total. The van der Waals surface area contributed by atoms with Gasteiger partial charge in [-0.1, -0.05) is 11.7 Å². The first-order valence-electron chi connectivity index (χ1n) is 7.11. The highest BCUT2D eigenvalue weighted by Gasteiger charge is 2.38. The monoisotopic (exact) mass is 332 g/mol. The molecule has 3 atom stereocenters. The summed E-state index contributed by atoms with van der Waals surface area (Å²) in [6.45, 7) is 5.48. The van der Waals surface area contributed by atoms with E-state index < -0.39 is 0 Å². The molecule has 20 heavy (non-hydrogen) atoms. The van der Waals surface area contributed by atoms with Crippen molar-refractivity contribution in [1.29, 1.82) is 5.26 Å². The van der Waals surface area contributed by atoms with Gasteiger partial charge in [0.05, 0.1) is 12.1 Å². The average molecular weight is 333 g/mol. The fourth-order valence-electron chi connectivity index (χ4n) is 3.34. The fraction of sp³-hybridized carbons (Fsp3) is 0.923. The van der Waals surface area contributed by atoms with E-state index in [2.05, 4.69) is 33.9 Å². The zero-order valence-corrected chi connectivity index (χ0v) is 14.3. The maximum Gasteiger partial charge on any atom is 0.460 e. The van der Waals surface area contributed by atoms with Crippen LogP contribution in [0.2, 0.25) is 0 Å². The molecule has 2 fully saturated rings. The second kappa shape index (κ2) is 7.95. The van der Waals surface area contributed by atoms with Crippen LogP contribution in [-0.4, -0.2) is 46.7 Å². The Morgan fingerprint density at radius 1 is 1.45 bits per heavy atom. The second-order valence-corrected chi connectivity index (χ2v) is 7.68. The van der Waals surface area contributed by atoms with E-state index >= 15 is 0 Å². The Morgan fingerprint density at radius 3 is 2.80 bits per heavy atom. The first-order chi connectivity index (χ1) is 9.67. The number of hydrogen-bond acceptors (Lipinski definition) is 6. The zero-order valence-electron chi connectivity index (χ0n) is 11.8. The van der Waals surface area contributed by atoms with Crippen LogP contribution in [0.1, 0.15) is 26.2 Å². The van der Waals surface area contributed by atoms with Gasteiger partial charge in [0, 0.05) is 36.3 Å². The summed E-state index contributed by atoms with van der Waals surface area (Å²) < 4.78 is 13.0. The summed E-state index contributed by atoms with van der Waals surface area (Å²) in [5.74, 6) is 1.91. The first-order valence-corrected chi connectivity index (χ1v) is 9.85. The van der Waals surface area contributed by atoms with E-state index in [1.54, 1.807) is 0 Å². The molecular formula is C13H22N3OS3+. The molecule has 7 heteroatoms. The Bertz CT molecular complexity index is 370. The van der Waals surface area contributed by atoms with Crippen molar-refractivity contribution < 1.29 is 4.21 Å². The van der Waals surface area contributed by atoms with Gasteiger partial charge in [0.2, 0.25) is 5.75 Å². The smallest absolute Gasteiger partial charge is 0.300 e. The lowest BCUT2D eigenvalue weighted by Crippen LogP contribution is -2.51. The number of hydrogen-bond donors (Lipinski definition) is 1. The van der Waals surface area contributed by atoms with Crippen LogP contribution in [0.15, 0.2) is 0 Å². The van der Waals surface area contributed by atoms with Crippen LogP contribution >= 0.6 is 22.6 Å². The van der Waals surface area contributed by atoms with Gasteiger partial charge >= 0.3 is 11.7 Å². The molecule has 3 unspecified atom stereocenters. The van der Waals surface area contributed by atoms with Crippen molar-refractivity contribution in [3.8, 4) is 6.07 Å². The molecule has 2 aliphatic rings. The minimum Gasteiger partial charge on any atom is -0.300 e. The number of nitrogens with zero attached hydrogens (tertiary/aromatic N) is 3. The Hall–Kier alpha value is 0.130. The largest absolute Gasteiger partial charge is 0.460 e. The van der Waals surface area contributed by atoms with Gasteiger partial charge in [-0.25, -0.2) is 4.31 Å². The SMILES string of the molecule is CC(CC1CC(C[S+]=O)N(SS)C1)N1CC(CC#N)C1. The molecule has 0 amide bonds. The van der Waals surface area contributed by atoms with Crippen LogP contribution in [0, 0.1) is 23.2 Å². The predicted molar refractivity (Wildman–Crippen MR) is 87.5 cm³/mol. The molecule has 0 bridgehead atoms. The van der Waals surface area contributed by atoms with Crippen LogP contribution in [0.25, 0.3) is 0 Å². The lowest BCUT2D eigenvalue weighted by atomic mass is 9.91. The van der Waals surface area contributed by atoms with Crippen molar-refractivity contribution in [2.75, 3.05) is 25.4 Å². The van der Waals surface area contributed by atoms with E-state index in [9.17, 15) is 4.21 Å². The molecule has 2 heterocycles. The third-order valence-corrected chi connectivity index (χ3v) is 6.29. The second-order valence-electron chi connectivity index (χ2n) is 5.99. The highest BCUT2D eigenvalue weighted by Crippen LogP contribution is 2.35. The summed E-state index contributed by atoms with van der Waals surface area (Å²) in [5.41, 5.74) is 0. The van der Waals surface area contributed by atoms with Gasteiger partial charge in [0.25, 0.3) is 0 Å². The average Bonchev–Trinajstić information content (AvgIpc) is 2.75. The third kappa shape index (κ3) is 4.08. The van der Waals surface area contributed by atoms with Crippen molar-refractivity contribution in [3.05, 3.63) is 0 Å². The molecule has 0 aromatic carbocycles. The Balaban J connectivity index is 1.74. The molecule has 0 aromatic heterocycles. The van der Waals surface area contributed by atoms with Gasteiger partial charge in [0.1, 0.15) is 0 Å². The van der Waals surface area contributed by atoms with Crippen molar-refractivity contribution in [3.63, 3.8) is 0 Å². The molecule has 0 aromatic rings. The number of thiol groups is 1. The lowest BCUT2D eigenvalue weighted by molar-refractivity contribution is 0.0522. The van der Waals surface area contributed by atoms with Crippen LogP contribution in [0.3, 0.4) is 0 Å². The van der Waals surface area contributed by atoms with E-state index in [1.807, 2.05) is 0 Å². The minimum atomic E-state index is 0.375. The standard InChI is InChI=1S/C13H21N3OS3/c1-10(15-6-11(7-15)2-3-14)4-12-5-13(9-19-17)16(8-12)20-18/h10-13H,2,4-9H2,1H3/p+1. The van der Waals surface area contributed by atoms with E-state index in [-0.39, 0.29) is 0 Å². The van der Waals surface area contributed by atoms with Crippen LogP contribution in [-0.2, 0) is 15.9 Å². The molecular weight excluding hydrogens is 310 g/mol. The van der Waals surface area contributed by atoms with Crippen molar-refractivity contribution in [1.82, 2.24) is 9.21 Å². The summed E-state index contributed by atoms with van der Waals surface area (Å²) in [4.78, 5) is 2.48. The zero-order chi connectivity index (χ0) is 14.5. The molecule has 0 aliphatic carbocycles. The molecule has 0 radical (unpaired) electrons. The maximum absolute atomic E-state index is 10.8. The summed E-state index contributed by atoms with van der Waals surface area (Å²) in [5, 5.41) is 8.68.